The first kappa shape index (κ1) is 23.1. The molecule has 6 nitrogen and oxygen atoms in total. The van der Waals surface area contributed by atoms with Gasteiger partial charge >= 0.3 is 6.18 Å². The Morgan fingerprint density at radius 2 is 1.97 bits per heavy atom. The SMILES string of the molecule is C[C@@H](c1ncc(OCC2CCNCC2)c(=O)n1CC(F)(F)F)N1Cc2ccc(Cl)cc2C1. The summed E-state index contributed by atoms with van der Waals surface area (Å²) in [5, 5.41) is 3.86. The summed E-state index contributed by atoms with van der Waals surface area (Å²) >= 11 is 6.07. The maximum atomic E-state index is 13.3. The normalized spacial score (nSPS) is 18.5. The van der Waals surface area contributed by atoms with Crippen LogP contribution in [0, 0.1) is 5.92 Å². The first-order valence-corrected chi connectivity index (χ1v) is 11.1. The van der Waals surface area contributed by atoms with E-state index >= 15 is 0 Å². The van der Waals surface area contributed by atoms with E-state index in [4.69, 9.17) is 16.3 Å². The van der Waals surface area contributed by atoms with Gasteiger partial charge < -0.3 is 10.1 Å². The average Bonchev–Trinajstić information content (AvgIpc) is 3.17. The molecule has 0 aliphatic carbocycles. The Morgan fingerprint density at radius 1 is 1.25 bits per heavy atom. The molecule has 2 aromatic rings. The number of aromatic nitrogens is 2. The molecule has 32 heavy (non-hydrogen) atoms. The Bertz CT molecular complexity index is 1020. The van der Waals surface area contributed by atoms with Crippen LogP contribution in [0.2, 0.25) is 5.02 Å². The van der Waals surface area contributed by atoms with Gasteiger partial charge in [-0.25, -0.2) is 4.98 Å². The molecule has 0 unspecified atom stereocenters. The van der Waals surface area contributed by atoms with Crippen LogP contribution in [0.15, 0.2) is 29.2 Å². The molecule has 1 aromatic carbocycles. The van der Waals surface area contributed by atoms with E-state index in [1.165, 1.54) is 6.20 Å². The monoisotopic (exact) mass is 470 g/mol. The van der Waals surface area contributed by atoms with Crippen LogP contribution in [0.3, 0.4) is 0 Å². The Balaban J connectivity index is 1.58. The first-order chi connectivity index (χ1) is 15.2. The van der Waals surface area contributed by atoms with Crippen molar-refractivity contribution in [3.63, 3.8) is 0 Å². The highest BCUT2D eigenvalue weighted by molar-refractivity contribution is 6.30. The fourth-order valence-electron chi connectivity index (χ4n) is 4.33. The molecule has 0 radical (unpaired) electrons. The molecule has 174 valence electrons. The van der Waals surface area contributed by atoms with Gasteiger partial charge in [0.2, 0.25) is 5.75 Å². The van der Waals surface area contributed by atoms with Crippen LogP contribution in [0.25, 0.3) is 0 Å². The van der Waals surface area contributed by atoms with E-state index in [0.717, 1.165) is 37.1 Å². The molecular formula is C22H26ClF3N4O2. The molecule has 0 saturated carbocycles. The van der Waals surface area contributed by atoms with E-state index in [9.17, 15) is 18.0 Å². The number of benzene rings is 1. The lowest BCUT2D eigenvalue weighted by atomic mass is 9.99. The van der Waals surface area contributed by atoms with Crippen molar-refractivity contribution in [2.75, 3.05) is 19.7 Å². The largest absolute Gasteiger partial charge is 0.486 e. The summed E-state index contributed by atoms with van der Waals surface area (Å²) < 4.78 is 46.4. The molecule has 1 fully saturated rings. The van der Waals surface area contributed by atoms with E-state index in [2.05, 4.69) is 10.3 Å². The Kier molecular flexibility index (Phi) is 6.78. The van der Waals surface area contributed by atoms with Crippen molar-refractivity contribution < 1.29 is 17.9 Å². The van der Waals surface area contributed by atoms with Gasteiger partial charge in [0.05, 0.1) is 18.8 Å². The molecule has 0 bridgehead atoms. The lowest BCUT2D eigenvalue weighted by Crippen LogP contribution is -2.36. The van der Waals surface area contributed by atoms with Crippen LogP contribution >= 0.6 is 11.6 Å². The molecule has 1 N–H and O–H groups in total. The third kappa shape index (κ3) is 5.27. The predicted octanol–water partition coefficient (Wildman–Crippen LogP) is 3.91. The number of hydrogen-bond donors (Lipinski definition) is 1. The summed E-state index contributed by atoms with van der Waals surface area (Å²) in [6, 6.07) is 5.06. The molecule has 2 aliphatic rings. The molecule has 0 spiro atoms. The zero-order valence-corrected chi connectivity index (χ0v) is 18.5. The van der Waals surface area contributed by atoms with E-state index in [1.807, 2.05) is 17.0 Å². The van der Waals surface area contributed by atoms with Crippen molar-refractivity contribution in [1.29, 1.82) is 0 Å². The maximum absolute atomic E-state index is 13.3. The van der Waals surface area contributed by atoms with Gasteiger partial charge in [-0.3, -0.25) is 14.3 Å². The number of nitrogens with zero attached hydrogens (tertiary/aromatic N) is 3. The predicted molar refractivity (Wildman–Crippen MR) is 115 cm³/mol. The zero-order chi connectivity index (χ0) is 22.9. The number of fused-ring (bicyclic) bond motifs is 1. The fraction of sp³-hybridized carbons (Fsp3) is 0.545. The van der Waals surface area contributed by atoms with Crippen LogP contribution in [0.5, 0.6) is 5.75 Å². The smallest absolute Gasteiger partial charge is 0.406 e. The number of nitrogens with one attached hydrogen (secondary N) is 1. The Hall–Kier alpha value is -2.10. The highest BCUT2D eigenvalue weighted by atomic mass is 35.5. The number of halogens is 4. The standard InChI is InChI=1S/C22H26ClF3N4O2/c1-14(29-10-16-2-3-18(23)8-17(16)11-29)20-28-9-19(21(31)30(20)13-22(24,25)26)32-12-15-4-6-27-7-5-15/h2-3,8-9,14-15,27H,4-7,10-13H2,1H3/t14-/m0/s1. The van der Waals surface area contributed by atoms with Gasteiger partial charge in [0.15, 0.2) is 0 Å². The second-order valence-corrected chi connectivity index (χ2v) is 8.92. The number of ether oxygens (including phenoxy) is 1. The highest BCUT2D eigenvalue weighted by Gasteiger charge is 2.34. The molecule has 10 heteroatoms. The molecule has 0 amide bonds. The number of alkyl halides is 3. The molecular weight excluding hydrogens is 445 g/mol. The number of piperidine rings is 1. The van der Waals surface area contributed by atoms with Gasteiger partial charge in [0.25, 0.3) is 5.56 Å². The van der Waals surface area contributed by atoms with Gasteiger partial charge in [0.1, 0.15) is 12.4 Å². The summed E-state index contributed by atoms with van der Waals surface area (Å²) in [7, 11) is 0. The molecule has 1 atom stereocenters. The van der Waals surface area contributed by atoms with Crippen LogP contribution in [0.4, 0.5) is 13.2 Å². The minimum atomic E-state index is -4.56. The molecule has 1 aromatic heterocycles. The Morgan fingerprint density at radius 3 is 2.69 bits per heavy atom. The quantitative estimate of drug-likeness (QED) is 0.693. The summed E-state index contributed by atoms with van der Waals surface area (Å²) in [4.78, 5) is 19.2. The minimum absolute atomic E-state index is 0.0699. The van der Waals surface area contributed by atoms with Crippen molar-refractivity contribution in [2.24, 2.45) is 5.92 Å². The lowest BCUT2D eigenvalue weighted by Gasteiger charge is -2.27. The maximum Gasteiger partial charge on any atom is 0.406 e. The first-order valence-electron chi connectivity index (χ1n) is 10.7. The van der Waals surface area contributed by atoms with Gasteiger partial charge in [-0.1, -0.05) is 17.7 Å². The molecule has 3 heterocycles. The summed E-state index contributed by atoms with van der Waals surface area (Å²) in [6.45, 7) is 3.44. The fourth-order valence-corrected chi connectivity index (χ4v) is 4.53. The van der Waals surface area contributed by atoms with Crippen molar-refractivity contribution >= 4 is 11.6 Å². The topological polar surface area (TPSA) is 59.4 Å². The van der Waals surface area contributed by atoms with E-state index in [-0.39, 0.29) is 17.5 Å². The summed E-state index contributed by atoms with van der Waals surface area (Å²) in [6.07, 6.45) is -1.49. The summed E-state index contributed by atoms with van der Waals surface area (Å²) in [5.74, 6) is 0.195. The third-order valence-corrected chi connectivity index (χ3v) is 6.39. The van der Waals surface area contributed by atoms with Crippen molar-refractivity contribution in [3.8, 4) is 5.75 Å². The van der Waals surface area contributed by atoms with Crippen LogP contribution in [-0.2, 0) is 19.6 Å². The van der Waals surface area contributed by atoms with E-state index in [1.54, 1.807) is 13.0 Å². The van der Waals surface area contributed by atoms with Crippen LogP contribution in [-0.4, -0.2) is 40.3 Å². The van der Waals surface area contributed by atoms with Crippen LogP contribution in [0.1, 0.15) is 42.8 Å². The van der Waals surface area contributed by atoms with Gasteiger partial charge in [-0.15, -0.1) is 0 Å². The minimum Gasteiger partial charge on any atom is -0.486 e. The molecule has 2 aliphatic heterocycles. The number of hydrogen-bond acceptors (Lipinski definition) is 5. The Labute approximate surface area is 189 Å². The third-order valence-electron chi connectivity index (χ3n) is 6.15. The van der Waals surface area contributed by atoms with Crippen molar-refractivity contribution in [3.05, 3.63) is 56.7 Å². The number of rotatable bonds is 6. The van der Waals surface area contributed by atoms with Crippen LogP contribution < -0.4 is 15.6 Å². The molecule has 1 saturated heterocycles. The lowest BCUT2D eigenvalue weighted by molar-refractivity contribution is -0.142. The second-order valence-electron chi connectivity index (χ2n) is 8.49. The van der Waals surface area contributed by atoms with Gasteiger partial charge in [-0.2, -0.15) is 13.2 Å². The van der Waals surface area contributed by atoms with Crippen molar-refractivity contribution in [1.82, 2.24) is 19.8 Å². The van der Waals surface area contributed by atoms with Gasteiger partial charge in [0, 0.05) is 18.1 Å². The highest BCUT2D eigenvalue weighted by Crippen LogP contribution is 2.32. The van der Waals surface area contributed by atoms with Crippen molar-refractivity contribution in [2.45, 2.75) is 51.6 Å². The molecule has 4 rings (SSSR count). The second kappa shape index (κ2) is 9.41. The summed E-state index contributed by atoms with van der Waals surface area (Å²) in [5.41, 5.74) is 1.29. The average molecular weight is 471 g/mol. The van der Waals surface area contributed by atoms with E-state index < -0.39 is 24.3 Å². The van der Waals surface area contributed by atoms with Gasteiger partial charge in [-0.05, 0) is 62.0 Å². The zero-order valence-electron chi connectivity index (χ0n) is 17.8. The van der Waals surface area contributed by atoms with E-state index in [0.29, 0.717) is 29.3 Å².